The van der Waals surface area contributed by atoms with Gasteiger partial charge in [0.05, 0.1) is 0 Å². The zero-order valence-corrected chi connectivity index (χ0v) is 13.0. The lowest BCUT2D eigenvalue weighted by Gasteiger charge is -2.52. The molecule has 1 aromatic carbocycles. The molecule has 22 heavy (non-hydrogen) atoms. The normalized spacial score (nSPS) is 33.1. The van der Waals surface area contributed by atoms with Gasteiger partial charge in [-0.15, -0.1) is 0 Å². The maximum Gasteiger partial charge on any atom is 0.226 e. The minimum absolute atomic E-state index is 0.261. The molecule has 3 fully saturated rings. The maximum absolute atomic E-state index is 12.7. The minimum atomic E-state index is 0.261. The van der Waals surface area contributed by atoms with E-state index in [-0.39, 0.29) is 5.92 Å². The zero-order valence-electron chi connectivity index (χ0n) is 13.0. The number of nitrogens with zero attached hydrogens (tertiary/aromatic N) is 1. The predicted octanol–water partition coefficient (Wildman–Crippen LogP) is 3.45. The first-order chi connectivity index (χ1) is 10.8. The van der Waals surface area contributed by atoms with Crippen molar-refractivity contribution in [2.24, 2.45) is 11.8 Å². The summed E-state index contributed by atoms with van der Waals surface area (Å²) in [4.78, 5) is 18.6. The molecule has 3 heteroatoms. The molecular formula is C19H22N2O. The number of benzene rings is 1. The van der Waals surface area contributed by atoms with Crippen molar-refractivity contribution in [1.82, 2.24) is 9.88 Å². The fraction of sp³-hybridized carbons (Fsp3) is 0.526. The average molecular weight is 294 g/mol. The maximum atomic E-state index is 12.7. The first-order valence-corrected chi connectivity index (χ1v) is 8.68. The van der Waals surface area contributed by atoms with Crippen molar-refractivity contribution in [3.63, 3.8) is 0 Å². The summed E-state index contributed by atoms with van der Waals surface area (Å²) in [6, 6.07) is 9.07. The number of hydrogen-bond donors (Lipinski definition) is 1. The molecule has 4 aliphatic rings. The van der Waals surface area contributed by atoms with Gasteiger partial charge in [0.2, 0.25) is 5.91 Å². The molecule has 1 aromatic heterocycles. The summed E-state index contributed by atoms with van der Waals surface area (Å²) in [5.74, 6) is 1.89. The molecule has 4 heterocycles. The largest absolute Gasteiger partial charge is 0.358 e. The second-order valence-corrected chi connectivity index (χ2v) is 7.28. The lowest BCUT2D eigenvalue weighted by Crippen LogP contribution is -2.59. The van der Waals surface area contributed by atoms with E-state index in [1.165, 1.54) is 28.6 Å². The Labute approximate surface area is 130 Å². The van der Waals surface area contributed by atoms with Gasteiger partial charge in [0.25, 0.3) is 0 Å². The van der Waals surface area contributed by atoms with Crippen LogP contribution in [0.1, 0.15) is 43.4 Å². The van der Waals surface area contributed by atoms with Gasteiger partial charge < -0.3 is 9.88 Å². The molecule has 2 aromatic rings. The Hall–Kier alpha value is -1.77. The number of rotatable bonds is 1. The molecule has 4 atom stereocenters. The van der Waals surface area contributed by atoms with E-state index in [4.69, 9.17) is 0 Å². The van der Waals surface area contributed by atoms with E-state index in [0.29, 0.717) is 23.8 Å². The second kappa shape index (κ2) is 4.37. The van der Waals surface area contributed by atoms with Crippen LogP contribution in [0.3, 0.4) is 0 Å². The van der Waals surface area contributed by atoms with Crippen LogP contribution < -0.4 is 0 Å². The van der Waals surface area contributed by atoms with Crippen LogP contribution in [0.2, 0.25) is 0 Å². The third kappa shape index (κ3) is 1.49. The molecule has 0 radical (unpaired) electrons. The van der Waals surface area contributed by atoms with Crippen molar-refractivity contribution in [2.45, 2.75) is 44.6 Å². The van der Waals surface area contributed by atoms with Crippen LogP contribution >= 0.6 is 0 Å². The second-order valence-electron chi connectivity index (χ2n) is 7.28. The van der Waals surface area contributed by atoms with Gasteiger partial charge in [-0.05, 0) is 36.8 Å². The molecule has 0 spiro atoms. The van der Waals surface area contributed by atoms with Crippen LogP contribution in [0.15, 0.2) is 24.3 Å². The Kier molecular flexibility index (Phi) is 2.53. The lowest BCUT2D eigenvalue weighted by molar-refractivity contribution is -0.152. The van der Waals surface area contributed by atoms with Crippen LogP contribution in [0.5, 0.6) is 0 Å². The van der Waals surface area contributed by atoms with E-state index in [0.717, 1.165) is 25.8 Å². The van der Waals surface area contributed by atoms with Crippen LogP contribution in [-0.2, 0) is 11.2 Å². The van der Waals surface area contributed by atoms with Gasteiger partial charge in [0.1, 0.15) is 0 Å². The van der Waals surface area contributed by atoms with Crippen molar-refractivity contribution < 1.29 is 4.79 Å². The van der Waals surface area contributed by atoms with E-state index in [1.54, 1.807) is 0 Å². The summed E-state index contributed by atoms with van der Waals surface area (Å²) in [6.45, 7) is 3.19. The molecule has 114 valence electrons. The number of fused-ring (bicyclic) bond motifs is 4. The highest BCUT2D eigenvalue weighted by Crippen LogP contribution is 2.51. The number of hydrogen-bond acceptors (Lipinski definition) is 1. The molecule has 1 N–H and O–H groups in total. The minimum Gasteiger partial charge on any atom is -0.358 e. The highest BCUT2D eigenvalue weighted by molar-refractivity contribution is 5.87. The van der Waals surface area contributed by atoms with Crippen molar-refractivity contribution in [3.05, 3.63) is 35.5 Å². The Morgan fingerprint density at radius 3 is 3.00 bits per heavy atom. The molecule has 3 nitrogen and oxygen atoms in total. The standard InChI is InChI=1S/C19H22N2O/c1-2-11-9-12-10-15-17-14(7-8-21(18(11)15)19(12)22)13-5-3-4-6-16(13)20-17/h3-6,11-12,15,18,20H,2,7-10H2,1H3/t11-,12+,15-,18-/m1/s1. The number of piperidine rings is 2. The van der Waals surface area contributed by atoms with Gasteiger partial charge in [0, 0.05) is 41.0 Å². The van der Waals surface area contributed by atoms with Gasteiger partial charge in [-0.2, -0.15) is 0 Å². The monoisotopic (exact) mass is 294 g/mol. The number of aromatic amines is 1. The van der Waals surface area contributed by atoms with E-state index >= 15 is 0 Å². The van der Waals surface area contributed by atoms with Gasteiger partial charge >= 0.3 is 0 Å². The summed E-state index contributed by atoms with van der Waals surface area (Å²) >= 11 is 0. The molecule has 1 amide bonds. The van der Waals surface area contributed by atoms with E-state index < -0.39 is 0 Å². The van der Waals surface area contributed by atoms with Crippen LogP contribution in [0.4, 0.5) is 0 Å². The highest BCUT2D eigenvalue weighted by Gasteiger charge is 2.52. The molecule has 4 bridgehead atoms. The van der Waals surface area contributed by atoms with Crippen molar-refractivity contribution in [3.8, 4) is 0 Å². The zero-order chi connectivity index (χ0) is 14.8. The fourth-order valence-electron chi connectivity index (χ4n) is 5.43. The average Bonchev–Trinajstić information content (AvgIpc) is 2.86. The van der Waals surface area contributed by atoms with Crippen LogP contribution in [0.25, 0.3) is 10.9 Å². The first-order valence-electron chi connectivity index (χ1n) is 8.68. The molecule has 1 saturated carbocycles. The number of amides is 1. The molecule has 6 rings (SSSR count). The summed E-state index contributed by atoms with van der Waals surface area (Å²) in [7, 11) is 0. The summed E-state index contributed by atoms with van der Waals surface area (Å²) in [5, 5.41) is 1.36. The molecule has 1 aliphatic carbocycles. The van der Waals surface area contributed by atoms with Crippen molar-refractivity contribution in [1.29, 1.82) is 0 Å². The third-order valence-corrected chi connectivity index (χ3v) is 6.36. The molecular weight excluding hydrogens is 272 g/mol. The summed E-state index contributed by atoms with van der Waals surface area (Å²) in [5.41, 5.74) is 4.17. The highest BCUT2D eigenvalue weighted by atomic mass is 16.2. The van der Waals surface area contributed by atoms with E-state index in [1.807, 2.05) is 0 Å². The SMILES string of the molecule is CC[C@@H]1C[C@H]2C[C@@H]3c4[nH]c5ccccc5c4CCN(C2=O)[C@H]13. The lowest BCUT2D eigenvalue weighted by atomic mass is 9.65. The summed E-state index contributed by atoms with van der Waals surface area (Å²) < 4.78 is 0. The Morgan fingerprint density at radius 1 is 1.27 bits per heavy atom. The van der Waals surface area contributed by atoms with Gasteiger partial charge in [-0.25, -0.2) is 0 Å². The smallest absolute Gasteiger partial charge is 0.226 e. The number of nitrogens with one attached hydrogen (secondary N) is 1. The van der Waals surface area contributed by atoms with Crippen molar-refractivity contribution >= 4 is 16.8 Å². The number of H-pyrrole nitrogens is 1. The van der Waals surface area contributed by atoms with Gasteiger partial charge in [-0.1, -0.05) is 31.5 Å². The van der Waals surface area contributed by atoms with Crippen LogP contribution in [-0.4, -0.2) is 28.4 Å². The molecule has 2 saturated heterocycles. The quantitative estimate of drug-likeness (QED) is 0.859. The van der Waals surface area contributed by atoms with Crippen LogP contribution in [0, 0.1) is 11.8 Å². The predicted molar refractivity (Wildman–Crippen MR) is 86.7 cm³/mol. The fourth-order valence-corrected chi connectivity index (χ4v) is 5.43. The van der Waals surface area contributed by atoms with Gasteiger partial charge in [0.15, 0.2) is 0 Å². The number of carbonyl (C=O) groups is 1. The van der Waals surface area contributed by atoms with E-state index in [2.05, 4.69) is 41.1 Å². The Morgan fingerprint density at radius 2 is 2.14 bits per heavy atom. The van der Waals surface area contributed by atoms with E-state index in [9.17, 15) is 4.79 Å². The summed E-state index contributed by atoms with van der Waals surface area (Å²) in [6.07, 6.45) is 4.36. The van der Waals surface area contributed by atoms with Crippen molar-refractivity contribution in [2.75, 3.05) is 6.54 Å². The van der Waals surface area contributed by atoms with Gasteiger partial charge in [-0.3, -0.25) is 4.79 Å². The third-order valence-electron chi connectivity index (χ3n) is 6.36. The molecule has 3 aliphatic heterocycles. The number of para-hydroxylation sites is 1. The Bertz CT molecular complexity index is 762. The topological polar surface area (TPSA) is 36.1 Å². The Balaban J connectivity index is 1.70. The first kappa shape index (κ1) is 12.7. The molecule has 0 unspecified atom stereocenters. The number of aromatic nitrogens is 1. The number of carbonyl (C=O) groups excluding carboxylic acids is 1.